The molecule has 28 heavy (non-hydrogen) atoms. The Morgan fingerprint density at radius 3 is 2.57 bits per heavy atom. The highest BCUT2D eigenvalue weighted by Gasteiger charge is 2.53. The van der Waals surface area contributed by atoms with Crippen molar-refractivity contribution in [3.8, 4) is 5.75 Å². The number of nitrogens with one attached hydrogen (secondary N) is 1. The zero-order valence-corrected chi connectivity index (χ0v) is 16.3. The maximum Gasteiger partial charge on any atom is 0.325 e. The van der Waals surface area contributed by atoms with Crippen molar-refractivity contribution in [3.05, 3.63) is 29.8 Å². The van der Waals surface area contributed by atoms with Gasteiger partial charge in [-0.2, -0.15) is 0 Å². The summed E-state index contributed by atoms with van der Waals surface area (Å²) in [6.45, 7) is 3.02. The van der Waals surface area contributed by atoms with Gasteiger partial charge in [-0.25, -0.2) is 4.79 Å². The number of ether oxygens (including phenoxy) is 1. The van der Waals surface area contributed by atoms with Gasteiger partial charge in [-0.05, 0) is 50.3 Å². The molecule has 2 heterocycles. The average molecular weight is 385 g/mol. The molecule has 1 atom stereocenters. The van der Waals surface area contributed by atoms with E-state index in [2.05, 4.69) is 5.32 Å². The average Bonchev–Trinajstić information content (AvgIpc) is 3.40. The second kappa shape index (κ2) is 7.45. The first kappa shape index (κ1) is 18.8. The molecule has 3 aliphatic rings. The normalized spacial score (nSPS) is 23.5. The molecule has 1 aliphatic carbocycles. The molecule has 7 heteroatoms. The number of hydrogen-bond donors (Lipinski definition) is 1. The van der Waals surface area contributed by atoms with Crippen LogP contribution in [0.25, 0.3) is 0 Å². The zero-order chi connectivity index (χ0) is 19.7. The van der Waals surface area contributed by atoms with Crippen LogP contribution < -0.4 is 10.1 Å². The molecule has 150 valence electrons. The van der Waals surface area contributed by atoms with Gasteiger partial charge < -0.3 is 15.0 Å². The summed E-state index contributed by atoms with van der Waals surface area (Å²) in [7, 11) is 0. The SMILES string of the molecule is CCOc1ccc([C@H]2CCCN2C(=O)CN2C(=O)NC3(CCCC3)C2=O)cc1. The highest BCUT2D eigenvalue weighted by Crippen LogP contribution is 2.36. The molecule has 7 nitrogen and oxygen atoms in total. The predicted molar refractivity (Wildman–Crippen MR) is 103 cm³/mol. The number of urea groups is 1. The van der Waals surface area contributed by atoms with Crippen LogP contribution in [0.2, 0.25) is 0 Å². The van der Waals surface area contributed by atoms with Gasteiger partial charge in [0.15, 0.2) is 0 Å². The molecule has 4 amide bonds. The number of carbonyl (C=O) groups excluding carboxylic acids is 3. The van der Waals surface area contributed by atoms with Crippen molar-refractivity contribution in [2.75, 3.05) is 19.7 Å². The molecule has 0 unspecified atom stereocenters. The van der Waals surface area contributed by atoms with E-state index in [1.807, 2.05) is 31.2 Å². The lowest BCUT2D eigenvalue weighted by atomic mass is 9.98. The van der Waals surface area contributed by atoms with Gasteiger partial charge >= 0.3 is 6.03 Å². The Labute approximate surface area is 165 Å². The van der Waals surface area contributed by atoms with Crippen LogP contribution in [0, 0.1) is 0 Å². The van der Waals surface area contributed by atoms with Gasteiger partial charge in [-0.3, -0.25) is 14.5 Å². The summed E-state index contributed by atoms with van der Waals surface area (Å²) in [6, 6.07) is 7.36. The number of carbonyl (C=O) groups is 3. The highest BCUT2D eigenvalue weighted by atomic mass is 16.5. The molecule has 1 N–H and O–H groups in total. The van der Waals surface area contributed by atoms with Gasteiger partial charge in [0.2, 0.25) is 5.91 Å². The summed E-state index contributed by atoms with van der Waals surface area (Å²) in [5, 5.41) is 2.84. The summed E-state index contributed by atoms with van der Waals surface area (Å²) < 4.78 is 5.49. The Morgan fingerprint density at radius 2 is 1.89 bits per heavy atom. The van der Waals surface area contributed by atoms with Crippen molar-refractivity contribution >= 4 is 17.8 Å². The lowest BCUT2D eigenvalue weighted by molar-refractivity contribution is -0.139. The topological polar surface area (TPSA) is 79.0 Å². The molecular formula is C21H27N3O4. The van der Waals surface area contributed by atoms with Crippen molar-refractivity contribution in [2.24, 2.45) is 0 Å². The van der Waals surface area contributed by atoms with Crippen molar-refractivity contribution in [3.63, 3.8) is 0 Å². The second-order valence-electron chi connectivity index (χ2n) is 7.86. The number of rotatable bonds is 5. The predicted octanol–water partition coefficient (Wildman–Crippen LogP) is 2.61. The van der Waals surface area contributed by atoms with E-state index in [9.17, 15) is 14.4 Å². The minimum absolute atomic E-state index is 0.0237. The molecule has 4 rings (SSSR count). The van der Waals surface area contributed by atoms with Gasteiger partial charge in [0.05, 0.1) is 12.6 Å². The van der Waals surface area contributed by atoms with Crippen LogP contribution in [0.4, 0.5) is 4.79 Å². The van der Waals surface area contributed by atoms with Crippen LogP contribution in [0.3, 0.4) is 0 Å². The lowest BCUT2D eigenvalue weighted by Gasteiger charge is -2.27. The highest BCUT2D eigenvalue weighted by molar-refractivity contribution is 6.09. The summed E-state index contributed by atoms with van der Waals surface area (Å²) in [5.41, 5.74) is 0.287. The summed E-state index contributed by atoms with van der Waals surface area (Å²) >= 11 is 0. The van der Waals surface area contributed by atoms with Crippen molar-refractivity contribution < 1.29 is 19.1 Å². The van der Waals surface area contributed by atoms with Crippen LogP contribution in [0.5, 0.6) is 5.75 Å². The summed E-state index contributed by atoms with van der Waals surface area (Å²) in [5.74, 6) is 0.401. The fourth-order valence-corrected chi connectivity index (χ4v) is 4.73. The van der Waals surface area contributed by atoms with E-state index in [1.54, 1.807) is 4.90 Å². The molecule has 0 aromatic heterocycles. The largest absolute Gasteiger partial charge is 0.494 e. The third-order valence-corrected chi connectivity index (χ3v) is 6.15. The fourth-order valence-electron chi connectivity index (χ4n) is 4.73. The first-order valence-electron chi connectivity index (χ1n) is 10.2. The van der Waals surface area contributed by atoms with Crippen LogP contribution in [0.15, 0.2) is 24.3 Å². The van der Waals surface area contributed by atoms with E-state index in [1.165, 1.54) is 0 Å². The molecule has 1 aromatic carbocycles. The number of imide groups is 1. The first-order chi connectivity index (χ1) is 13.5. The molecule has 0 radical (unpaired) electrons. The molecule has 1 spiro atoms. The summed E-state index contributed by atoms with van der Waals surface area (Å²) in [4.78, 5) is 41.0. The zero-order valence-electron chi connectivity index (χ0n) is 16.3. The fraction of sp³-hybridized carbons (Fsp3) is 0.571. The van der Waals surface area contributed by atoms with E-state index < -0.39 is 11.6 Å². The van der Waals surface area contributed by atoms with Gasteiger partial charge in [0, 0.05) is 6.54 Å². The van der Waals surface area contributed by atoms with Gasteiger partial charge in [-0.1, -0.05) is 25.0 Å². The Bertz CT molecular complexity index is 770. The lowest BCUT2D eigenvalue weighted by Crippen LogP contribution is -2.46. The minimum Gasteiger partial charge on any atom is -0.494 e. The van der Waals surface area contributed by atoms with Gasteiger partial charge in [0.25, 0.3) is 5.91 Å². The third-order valence-electron chi connectivity index (χ3n) is 6.15. The van der Waals surface area contributed by atoms with Gasteiger partial charge in [0.1, 0.15) is 17.8 Å². The second-order valence-corrected chi connectivity index (χ2v) is 7.86. The monoisotopic (exact) mass is 385 g/mol. The van der Waals surface area contributed by atoms with Crippen LogP contribution in [0.1, 0.15) is 57.1 Å². The van der Waals surface area contributed by atoms with E-state index >= 15 is 0 Å². The molecule has 2 saturated heterocycles. The van der Waals surface area contributed by atoms with E-state index in [-0.39, 0.29) is 24.4 Å². The maximum absolute atomic E-state index is 13.0. The third kappa shape index (κ3) is 3.23. The minimum atomic E-state index is -0.767. The standard InChI is InChI=1S/C21H27N3O4/c1-2-28-16-9-7-15(8-10-16)17-6-5-13-23(17)18(25)14-24-19(26)21(22-20(24)27)11-3-4-12-21/h7-10,17H,2-6,11-14H2,1H3,(H,22,27)/t17-/m1/s1. The quantitative estimate of drug-likeness (QED) is 0.791. The van der Waals surface area contributed by atoms with Crippen molar-refractivity contribution in [1.82, 2.24) is 15.1 Å². The van der Waals surface area contributed by atoms with Gasteiger partial charge in [-0.15, -0.1) is 0 Å². The smallest absolute Gasteiger partial charge is 0.325 e. The molecule has 2 aliphatic heterocycles. The Morgan fingerprint density at radius 1 is 1.18 bits per heavy atom. The van der Waals surface area contributed by atoms with Crippen LogP contribution in [-0.4, -0.2) is 52.9 Å². The number of nitrogens with zero attached hydrogens (tertiary/aromatic N) is 2. The molecular weight excluding hydrogens is 358 g/mol. The van der Waals surface area contributed by atoms with Crippen molar-refractivity contribution in [1.29, 1.82) is 0 Å². The number of amides is 4. The number of hydrogen-bond acceptors (Lipinski definition) is 4. The Balaban J connectivity index is 1.45. The van der Waals surface area contributed by atoms with Crippen LogP contribution in [-0.2, 0) is 9.59 Å². The number of benzene rings is 1. The van der Waals surface area contributed by atoms with E-state index in [4.69, 9.17) is 4.74 Å². The maximum atomic E-state index is 13.0. The van der Waals surface area contributed by atoms with E-state index in [0.29, 0.717) is 26.0 Å². The van der Waals surface area contributed by atoms with Crippen molar-refractivity contribution in [2.45, 2.75) is 57.0 Å². The molecule has 1 saturated carbocycles. The molecule has 1 aromatic rings. The van der Waals surface area contributed by atoms with Crippen LogP contribution >= 0.6 is 0 Å². The Hall–Kier alpha value is -2.57. The van der Waals surface area contributed by atoms with E-state index in [0.717, 1.165) is 41.9 Å². The first-order valence-corrected chi connectivity index (χ1v) is 10.2. The molecule has 3 fully saturated rings. The summed E-state index contributed by atoms with van der Waals surface area (Å²) in [6.07, 6.45) is 4.98. The molecule has 0 bridgehead atoms. The Kier molecular flexibility index (Phi) is 5.00. The number of likely N-dealkylation sites (tertiary alicyclic amines) is 1.